The van der Waals surface area contributed by atoms with Crippen molar-refractivity contribution in [1.29, 1.82) is 0 Å². The summed E-state index contributed by atoms with van der Waals surface area (Å²) in [6.07, 6.45) is 6.13. The number of nitrogens with zero attached hydrogens (tertiary/aromatic N) is 2. The van der Waals surface area contributed by atoms with Crippen LogP contribution in [0.15, 0.2) is 29.4 Å². The van der Waals surface area contributed by atoms with Crippen molar-refractivity contribution in [2.24, 2.45) is 0 Å². The van der Waals surface area contributed by atoms with Crippen molar-refractivity contribution in [3.05, 3.63) is 24.5 Å². The molecule has 0 aliphatic rings. The fourth-order valence-corrected chi connectivity index (χ4v) is 2.20. The van der Waals surface area contributed by atoms with Gasteiger partial charge in [-0.05, 0) is 32.2 Å². The summed E-state index contributed by atoms with van der Waals surface area (Å²) < 4.78 is 2.27. The average Bonchev–Trinajstić information content (AvgIpc) is 2.56. The molecule has 0 saturated heterocycles. The third-order valence-corrected chi connectivity index (χ3v) is 3.07. The van der Waals surface area contributed by atoms with Gasteiger partial charge in [-0.1, -0.05) is 0 Å². The second kappa shape index (κ2) is 3.65. The number of pyridine rings is 1. The lowest BCUT2D eigenvalue weighted by atomic mass is 10.3. The summed E-state index contributed by atoms with van der Waals surface area (Å²) in [6.45, 7) is 4.38. The van der Waals surface area contributed by atoms with Crippen molar-refractivity contribution in [1.82, 2.24) is 9.55 Å². The minimum atomic E-state index is 0.489. The van der Waals surface area contributed by atoms with Gasteiger partial charge in [-0.2, -0.15) is 0 Å². The highest BCUT2D eigenvalue weighted by molar-refractivity contribution is 7.98. The Bertz CT molecular complexity index is 445. The van der Waals surface area contributed by atoms with E-state index in [0.29, 0.717) is 6.04 Å². The monoisotopic (exact) mass is 206 g/mol. The highest BCUT2D eigenvalue weighted by Gasteiger charge is 2.09. The molecular formula is C11H14N2S. The Balaban J connectivity index is 2.73. The van der Waals surface area contributed by atoms with Crippen LogP contribution in [0.5, 0.6) is 0 Å². The van der Waals surface area contributed by atoms with Gasteiger partial charge < -0.3 is 4.57 Å². The molecule has 2 nitrogen and oxygen atoms in total. The molecule has 0 aromatic carbocycles. The molecular weight excluding hydrogens is 192 g/mol. The molecule has 2 aromatic rings. The largest absolute Gasteiger partial charge is 0.342 e. The summed E-state index contributed by atoms with van der Waals surface area (Å²) >= 11 is 1.75. The lowest BCUT2D eigenvalue weighted by Crippen LogP contribution is -1.97. The van der Waals surface area contributed by atoms with Crippen molar-refractivity contribution in [2.75, 3.05) is 6.26 Å². The number of fused-ring (bicyclic) bond motifs is 1. The lowest BCUT2D eigenvalue weighted by molar-refractivity contribution is 0.620. The average molecular weight is 206 g/mol. The molecule has 0 N–H and O–H groups in total. The maximum absolute atomic E-state index is 4.41. The zero-order valence-electron chi connectivity index (χ0n) is 8.69. The Hall–Kier alpha value is -0.960. The smallest absolute Gasteiger partial charge is 0.102 e. The minimum absolute atomic E-state index is 0.489. The quantitative estimate of drug-likeness (QED) is 0.701. The first-order valence-electron chi connectivity index (χ1n) is 4.73. The molecule has 74 valence electrons. The molecule has 0 unspecified atom stereocenters. The van der Waals surface area contributed by atoms with Crippen molar-refractivity contribution in [3.63, 3.8) is 0 Å². The van der Waals surface area contributed by atoms with Crippen LogP contribution in [0.4, 0.5) is 0 Å². The van der Waals surface area contributed by atoms with E-state index < -0.39 is 0 Å². The summed E-state index contributed by atoms with van der Waals surface area (Å²) in [7, 11) is 0. The van der Waals surface area contributed by atoms with Gasteiger partial charge in [0.05, 0.1) is 10.4 Å². The van der Waals surface area contributed by atoms with E-state index in [1.54, 1.807) is 11.8 Å². The first-order valence-corrected chi connectivity index (χ1v) is 5.96. The molecule has 0 radical (unpaired) electrons. The van der Waals surface area contributed by atoms with E-state index in [1.165, 1.54) is 10.4 Å². The molecule has 0 spiro atoms. The minimum Gasteiger partial charge on any atom is -0.342 e. The van der Waals surface area contributed by atoms with Crippen molar-refractivity contribution in [3.8, 4) is 0 Å². The highest BCUT2D eigenvalue weighted by atomic mass is 32.2. The maximum atomic E-state index is 4.41. The third kappa shape index (κ3) is 1.42. The van der Waals surface area contributed by atoms with Crippen LogP contribution in [0.2, 0.25) is 0 Å². The SMILES string of the molecule is CSc1cn(C(C)C)c2cccnc12. The molecule has 0 aliphatic heterocycles. The molecule has 2 heterocycles. The molecule has 0 bridgehead atoms. The van der Waals surface area contributed by atoms with E-state index in [9.17, 15) is 0 Å². The van der Waals surface area contributed by atoms with Crippen LogP contribution in [-0.2, 0) is 0 Å². The second-order valence-electron chi connectivity index (χ2n) is 3.57. The Kier molecular flexibility index (Phi) is 2.50. The van der Waals surface area contributed by atoms with Gasteiger partial charge in [0, 0.05) is 18.4 Å². The molecule has 2 rings (SSSR count). The van der Waals surface area contributed by atoms with Gasteiger partial charge in [0.2, 0.25) is 0 Å². The van der Waals surface area contributed by atoms with Gasteiger partial charge in [-0.3, -0.25) is 4.98 Å². The molecule has 3 heteroatoms. The fourth-order valence-electron chi connectivity index (χ4n) is 1.63. The number of hydrogen-bond donors (Lipinski definition) is 0. The van der Waals surface area contributed by atoms with E-state index in [0.717, 1.165) is 5.52 Å². The van der Waals surface area contributed by atoms with Crippen LogP contribution in [0.3, 0.4) is 0 Å². The normalized spacial score (nSPS) is 11.4. The van der Waals surface area contributed by atoms with E-state index >= 15 is 0 Å². The number of hydrogen-bond acceptors (Lipinski definition) is 2. The molecule has 2 aromatic heterocycles. The Labute approximate surface area is 88.3 Å². The highest BCUT2D eigenvalue weighted by Crippen LogP contribution is 2.28. The predicted octanol–water partition coefficient (Wildman–Crippen LogP) is 3.34. The predicted molar refractivity (Wildman–Crippen MR) is 61.9 cm³/mol. The van der Waals surface area contributed by atoms with Crippen LogP contribution in [0, 0.1) is 0 Å². The molecule has 0 fully saturated rings. The molecule has 0 saturated carbocycles. The zero-order valence-corrected chi connectivity index (χ0v) is 9.51. The second-order valence-corrected chi connectivity index (χ2v) is 4.42. The van der Waals surface area contributed by atoms with Gasteiger partial charge >= 0.3 is 0 Å². The van der Waals surface area contributed by atoms with E-state index in [4.69, 9.17) is 0 Å². The van der Waals surface area contributed by atoms with Crippen LogP contribution in [0.1, 0.15) is 19.9 Å². The molecule has 14 heavy (non-hydrogen) atoms. The standard InChI is InChI=1S/C11H14N2S/c1-8(2)13-7-10(14-3)11-9(13)5-4-6-12-11/h4-8H,1-3H3. The number of thioether (sulfide) groups is 1. The summed E-state index contributed by atoms with van der Waals surface area (Å²) in [5, 5.41) is 0. The van der Waals surface area contributed by atoms with Crippen LogP contribution >= 0.6 is 11.8 Å². The lowest BCUT2D eigenvalue weighted by Gasteiger charge is -2.07. The molecule has 0 atom stereocenters. The van der Waals surface area contributed by atoms with E-state index in [2.05, 4.69) is 41.9 Å². The van der Waals surface area contributed by atoms with Gasteiger partial charge in [-0.25, -0.2) is 0 Å². The number of rotatable bonds is 2. The van der Waals surface area contributed by atoms with E-state index in [-0.39, 0.29) is 0 Å². The van der Waals surface area contributed by atoms with E-state index in [1.807, 2.05) is 12.3 Å². The maximum Gasteiger partial charge on any atom is 0.102 e. The van der Waals surface area contributed by atoms with Gasteiger partial charge in [0.25, 0.3) is 0 Å². The summed E-state index contributed by atoms with van der Waals surface area (Å²) in [5.74, 6) is 0. The zero-order chi connectivity index (χ0) is 10.1. The number of aromatic nitrogens is 2. The van der Waals surface area contributed by atoms with Crippen molar-refractivity contribution in [2.45, 2.75) is 24.8 Å². The summed E-state index contributed by atoms with van der Waals surface area (Å²) in [5.41, 5.74) is 2.35. The van der Waals surface area contributed by atoms with Crippen LogP contribution in [-0.4, -0.2) is 15.8 Å². The Morgan fingerprint density at radius 1 is 1.43 bits per heavy atom. The van der Waals surface area contributed by atoms with Crippen LogP contribution in [0.25, 0.3) is 11.0 Å². The third-order valence-electron chi connectivity index (χ3n) is 2.33. The molecule has 0 aliphatic carbocycles. The van der Waals surface area contributed by atoms with Crippen molar-refractivity contribution >= 4 is 22.8 Å². The topological polar surface area (TPSA) is 17.8 Å². The van der Waals surface area contributed by atoms with Gasteiger partial charge in [0.15, 0.2) is 0 Å². The first kappa shape index (κ1) is 9.59. The van der Waals surface area contributed by atoms with Crippen LogP contribution < -0.4 is 0 Å². The molecule has 0 amide bonds. The summed E-state index contributed by atoms with van der Waals surface area (Å²) in [6, 6.07) is 4.61. The van der Waals surface area contributed by atoms with Gasteiger partial charge in [0.1, 0.15) is 5.52 Å². The first-order chi connectivity index (χ1) is 6.74. The Morgan fingerprint density at radius 2 is 2.21 bits per heavy atom. The fraction of sp³-hybridized carbons (Fsp3) is 0.364. The van der Waals surface area contributed by atoms with Crippen molar-refractivity contribution < 1.29 is 0 Å². The Morgan fingerprint density at radius 3 is 2.86 bits per heavy atom. The summed E-state index contributed by atoms with van der Waals surface area (Å²) in [4.78, 5) is 5.67. The van der Waals surface area contributed by atoms with Gasteiger partial charge in [-0.15, -0.1) is 11.8 Å².